The lowest BCUT2D eigenvalue weighted by Gasteiger charge is -2.16. The van der Waals surface area contributed by atoms with Crippen LogP contribution in [0, 0.1) is 0 Å². The van der Waals surface area contributed by atoms with E-state index in [1.165, 1.54) is 13.2 Å². The first-order valence-corrected chi connectivity index (χ1v) is 5.35. The van der Waals surface area contributed by atoms with Crippen LogP contribution in [0.5, 0.6) is 0 Å². The third-order valence-corrected chi connectivity index (χ3v) is 2.29. The maximum absolute atomic E-state index is 11.2. The molecule has 1 aromatic carbocycles. The van der Waals surface area contributed by atoms with E-state index >= 15 is 0 Å². The van der Waals surface area contributed by atoms with Gasteiger partial charge in [-0.15, -0.1) is 0 Å². The van der Waals surface area contributed by atoms with Gasteiger partial charge in [-0.1, -0.05) is 30.3 Å². The summed E-state index contributed by atoms with van der Waals surface area (Å²) in [7, 11) is 1.26. The van der Waals surface area contributed by atoms with E-state index < -0.39 is 18.0 Å². The first-order chi connectivity index (χ1) is 8.54. The third-order valence-electron chi connectivity index (χ3n) is 2.29. The monoisotopic (exact) mass is 249 g/mol. The number of hydrogen-bond donors (Lipinski definition) is 2. The molecule has 1 aromatic rings. The van der Waals surface area contributed by atoms with Gasteiger partial charge in [0.2, 0.25) is 0 Å². The zero-order valence-electron chi connectivity index (χ0n) is 10.2. The van der Waals surface area contributed by atoms with Gasteiger partial charge in [0.05, 0.1) is 7.11 Å². The number of rotatable bonds is 5. The zero-order valence-corrected chi connectivity index (χ0v) is 10.2. The Labute approximate surface area is 105 Å². The Balaban J connectivity index is 2.86. The molecule has 0 aliphatic rings. The minimum Gasteiger partial charge on any atom is -0.479 e. The molecule has 0 saturated carbocycles. The van der Waals surface area contributed by atoms with E-state index in [9.17, 15) is 9.59 Å². The Kier molecular flexibility index (Phi) is 4.92. The summed E-state index contributed by atoms with van der Waals surface area (Å²) in [6.07, 6.45) is 1.21. The van der Waals surface area contributed by atoms with E-state index in [0.29, 0.717) is 11.3 Å². The smallest absolute Gasteiger partial charge is 0.332 e. The highest BCUT2D eigenvalue weighted by atomic mass is 16.5. The summed E-state index contributed by atoms with van der Waals surface area (Å²) >= 11 is 0. The molecule has 18 heavy (non-hydrogen) atoms. The van der Waals surface area contributed by atoms with Crippen LogP contribution in [0.2, 0.25) is 0 Å². The molecule has 5 nitrogen and oxygen atoms in total. The minimum absolute atomic E-state index is 0.429. The quantitative estimate of drug-likeness (QED) is 0.610. The second kappa shape index (κ2) is 6.44. The fraction of sp³-hybridized carbons (Fsp3) is 0.231. The summed E-state index contributed by atoms with van der Waals surface area (Å²) in [5.74, 6) is -1.55. The molecular formula is C13H15NO4. The highest BCUT2D eigenvalue weighted by molar-refractivity contribution is 5.83. The molecule has 0 aliphatic carbocycles. The van der Waals surface area contributed by atoms with Crippen molar-refractivity contribution >= 4 is 11.9 Å². The molecular weight excluding hydrogens is 234 g/mol. The van der Waals surface area contributed by atoms with Gasteiger partial charge in [-0.05, 0) is 12.5 Å². The van der Waals surface area contributed by atoms with Gasteiger partial charge < -0.3 is 15.2 Å². The SMILES string of the molecule is COC(=O)C=C(C)N[C@H](C(=O)O)c1ccccc1. The van der Waals surface area contributed by atoms with Gasteiger partial charge in [0.15, 0.2) is 0 Å². The van der Waals surface area contributed by atoms with Crippen LogP contribution in [-0.2, 0) is 14.3 Å². The van der Waals surface area contributed by atoms with Crippen LogP contribution in [0.25, 0.3) is 0 Å². The summed E-state index contributed by atoms with van der Waals surface area (Å²) in [6, 6.07) is 7.83. The van der Waals surface area contributed by atoms with E-state index in [1.54, 1.807) is 37.3 Å². The van der Waals surface area contributed by atoms with Crippen molar-refractivity contribution in [1.29, 1.82) is 0 Å². The van der Waals surface area contributed by atoms with E-state index in [2.05, 4.69) is 10.1 Å². The standard InChI is InChI=1S/C13H15NO4/c1-9(8-11(15)18-2)14-12(13(16)17)10-6-4-3-5-7-10/h3-8,12,14H,1-2H3,(H,16,17)/t12-/m0/s1. The van der Waals surface area contributed by atoms with Gasteiger partial charge in [0, 0.05) is 11.8 Å². The number of carbonyl (C=O) groups is 2. The van der Waals surface area contributed by atoms with Crippen LogP contribution < -0.4 is 5.32 Å². The number of aliphatic carboxylic acids is 1. The molecule has 0 fully saturated rings. The van der Waals surface area contributed by atoms with Crippen molar-refractivity contribution in [1.82, 2.24) is 5.32 Å². The number of hydrogen-bond acceptors (Lipinski definition) is 4. The second-order valence-electron chi connectivity index (χ2n) is 3.68. The van der Waals surface area contributed by atoms with Crippen molar-refractivity contribution in [2.24, 2.45) is 0 Å². The maximum Gasteiger partial charge on any atom is 0.332 e. The largest absolute Gasteiger partial charge is 0.479 e. The predicted octanol–water partition coefficient (Wildman–Crippen LogP) is 1.48. The van der Waals surface area contributed by atoms with Crippen LogP contribution in [0.15, 0.2) is 42.1 Å². The molecule has 0 aromatic heterocycles. The first kappa shape index (κ1) is 13.8. The fourth-order valence-corrected chi connectivity index (χ4v) is 1.44. The van der Waals surface area contributed by atoms with Crippen molar-refractivity contribution < 1.29 is 19.4 Å². The zero-order chi connectivity index (χ0) is 13.5. The maximum atomic E-state index is 11.2. The van der Waals surface area contributed by atoms with E-state index in [-0.39, 0.29) is 0 Å². The molecule has 0 amide bonds. The van der Waals surface area contributed by atoms with Crippen LogP contribution in [0.1, 0.15) is 18.5 Å². The molecule has 0 saturated heterocycles. The fourth-order valence-electron chi connectivity index (χ4n) is 1.44. The molecule has 5 heteroatoms. The topological polar surface area (TPSA) is 75.6 Å². The number of esters is 1. The van der Waals surface area contributed by atoms with Crippen molar-refractivity contribution in [3.63, 3.8) is 0 Å². The number of nitrogens with one attached hydrogen (secondary N) is 1. The number of carboxylic acids is 1. The summed E-state index contributed by atoms with van der Waals surface area (Å²) in [4.78, 5) is 22.2. The Morgan fingerprint density at radius 1 is 1.33 bits per heavy atom. The summed E-state index contributed by atoms with van der Waals surface area (Å²) < 4.78 is 4.47. The average Bonchev–Trinajstić information content (AvgIpc) is 2.36. The number of benzene rings is 1. The second-order valence-corrected chi connectivity index (χ2v) is 3.68. The lowest BCUT2D eigenvalue weighted by molar-refractivity contribution is -0.139. The number of carbonyl (C=O) groups excluding carboxylic acids is 1. The first-order valence-electron chi connectivity index (χ1n) is 5.35. The molecule has 0 radical (unpaired) electrons. The molecule has 1 atom stereocenters. The Morgan fingerprint density at radius 3 is 2.44 bits per heavy atom. The van der Waals surface area contributed by atoms with Gasteiger partial charge in [-0.2, -0.15) is 0 Å². The van der Waals surface area contributed by atoms with Crippen molar-refractivity contribution in [2.45, 2.75) is 13.0 Å². The molecule has 0 bridgehead atoms. The molecule has 2 N–H and O–H groups in total. The molecule has 0 aliphatic heterocycles. The Morgan fingerprint density at radius 2 is 1.94 bits per heavy atom. The molecule has 0 spiro atoms. The highest BCUT2D eigenvalue weighted by Crippen LogP contribution is 2.14. The van der Waals surface area contributed by atoms with Crippen LogP contribution in [0.3, 0.4) is 0 Å². The van der Waals surface area contributed by atoms with Gasteiger partial charge in [0.1, 0.15) is 6.04 Å². The third kappa shape index (κ3) is 3.93. The minimum atomic E-state index is -1.01. The van der Waals surface area contributed by atoms with Gasteiger partial charge >= 0.3 is 11.9 Å². The summed E-state index contributed by atoms with van der Waals surface area (Å²) in [5.41, 5.74) is 1.04. The molecule has 96 valence electrons. The van der Waals surface area contributed by atoms with Crippen LogP contribution in [-0.4, -0.2) is 24.2 Å². The number of allylic oxidation sites excluding steroid dienone is 1. The summed E-state index contributed by atoms with van der Waals surface area (Å²) in [6.45, 7) is 1.61. The van der Waals surface area contributed by atoms with Crippen molar-refractivity contribution in [3.05, 3.63) is 47.7 Å². The van der Waals surface area contributed by atoms with Crippen molar-refractivity contribution in [3.8, 4) is 0 Å². The lowest BCUT2D eigenvalue weighted by Crippen LogP contribution is -2.27. The average molecular weight is 249 g/mol. The van der Waals surface area contributed by atoms with E-state index in [1.807, 2.05) is 0 Å². The molecule has 0 unspecified atom stereocenters. The number of carboxylic acid groups (broad SMARTS) is 1. The van der Waals surface area contributed by atoms with Gasteiger partial charge in [0.25, 0.3) is 0 Å². The Hall–Kier alpha value is -2.30. The van der Waals surface area contributed by atoms with Gasteiger partial charge in [-0.3, -0.25) is 0 Å². The number of methoxy groups -OCH3 is 1. The Bertz CT molecular complexity index is 453. The predicted molar refractivity (Wildman–Crippen MR) is 65.7 cm³/mol. The normalized spacial score (nSPS) is 12.7. The molecule has 1 rings (SSSR count). The van der Waals surface area contributed by atoms with Gasteiger partial charge in [-0.25, -0.2) is 9.59 Å². The highest BCUT2D eigenvalue weighted by Gasteiger charge is 2.19. The number of ether oxygens (including phenoxy) is 1. The van der Waals surface area contributed by atoms with Crippen LogP contribution in [0.4, 0.5) is 0 Å². The van der Waals surface area contributed by atoms with E-state index in [4.69, 9.17) is 5.11 Å². The lowest BCUT2D eigenvalue weighted by atomic mass is 10.1. The summed E-state index contributed by atoms with van der Waals surface area (Å²) in [5, 5.41) is 11.9. The van der Waals surface area contributed by atoms with E-state index in [0.717, 1.165) is 0 Å². The van der Waals surface area contributed by atoms with Crippen molar-refractivity contribution in [2.75, 3.05) is 7.11 Å². The molecule has 0 heterocycles. The van der Waals surface area contributed by atoms with Crippen LogP contribution >= 0.6 is 0 Å².